The Hall–Kier alpha value is -0.950. The van der Waals surface area contributed by atoms with Crippen LogP contribution in [0.3, 0.4) is 0 Å². The lowest BCUT2D eigenvalue weighted by molar-refractivity contribution is 0.192. The molecule has 0 unspecified atom stereocenters. The van der Waals surface area contributed by atoms with Gasteiger partial charge in [-0.05, 0) is 49.8 Å². The maximum atomic E-state index is 12.1. The molecule has 1 aromatic rings. The first-order chi connectivity index (χ1) is 10.1. The highest BCUT2D eigenvalue weighted by Crippen LogP contribution is 2.12. The predicted octanol–water partition coefficient (Wildman–Crippen LogP) is 1.71. The number of methoxy groups -OCH3 is 1. The van der Waals surface area contributed by atoms with Crippen LogP contribution in [0.2, 0.25) is 0 Å². The van der Waals surface area contributed by atoms with E-state index in [0.29, 0.717) is 19.6 Å². The number of ether oxygens (including phenoxy) is 1. The molecule has 1 rings (SSSR count). The van der Waals surface area contributed by atoms with Crippen molar-refractivity contribution in [2.45, 2.75) is 37.0 Å². The average Bonchev–Trinajstić information content (AvgIpc) is 2.49. The van der Waals surface area contributed by atoms with Gasteiger partial charge in [0.2, 0.25) is 10.0 Å². The van der Waals surface area contributed by atoms with Gasteiger partial charge < -0.3 is 9.84 Å². The molecule has 0 saturated carbocycles. The number of aliphatic hydroxyl groups is 1. The fourth-order valence-corrected chi connectivity index (χ4v) is 3.03. The molecule has 0 saturated heterocycles. The van der Waals surface area contributed by atoms with E-state index in [1.54, 1.807) is 31.4 Å². The molecular weight excluding hydrogens is 290 g/mol. The van der Waals surface area contributed by atoms with E-state index in [1.165, 1.54) is 0 Å². The number of nitrogens with one attached hydrogen (secondary N) is 1. The fourth-order valence-electron chi connectivity index (χ4n) is 1.96. The molecule has 0 aliphatic heterocycles. The maximum Gasteiger partial charge on any atom is 0.240 e. The van der Waals surface area contributed by atoms with Crippen molar-refractivity contribution >= 4 is 10.0 Å². The van der Waals surface area contributed by atoms with Crippen molar-refractivity contribution in [1.29, 1.82) is 0 Å². The fraction of sp³-hybridized carbons (Fsp3) is 0.600. The third kappa shape index (κ3) is 7.04. The largest absolute Gasteiger partial charge is 0.396 e. The molecule has 0 radical (unpaired) electrons. The summed E-state index contributed by atoms with van der Waals surface area (Å²) in [5, 5.41) is 8.77. The molecule has 0 bridgehead atoms. The lowest BCUT2D eigenvalue weighted by atomic mass is 10.1. The Morgan fingerprint density at radius 1 is 1.10 bits per heavy atom. The van der Waals surface area contributed by atoms with Gasteiger partial charge in [-0.2, -0.15) is 0 Å². The van der Waals surface area contributed by atoms with Crippen LogP contribution < -0.4 is 4.72 Å². The van der Waals surface area contributed by atoms with E-state index in [2.05, 4.69) is 4.72 Å². The molecular formula is C15H25NO4S. The summed E-state index contributed by atoms with van der Waals surface area (Å²) in [5.41, 5.74) is 1.03. The summed E-state index contributed by atoms with van der Waals surface area (Å²) in [7, 11) is -1.76. The number of sulfonamides is 1. The third-order valence-corrected chi connectivity index (χ3v) is 4.65. The van der Waals surface area contributed by atoms with Gasteiger partial charge in [0, 0.05) is 26.9 Å². The second kappa shape index (κ2) is 9.89. The molecule has 0 aliphatic rings. The highest BCUT2D eigenvalue weighted by molar-refractivity contribution is 7.89. The summed E-state index contributed by atoms with van der Waals surface area (Å²) in [6.07, 6.45) is 4.13. The van der Waals surface area contributed by atoms with Crippen molar-refractivity contribution in [2.24, 2.45) is 0 Å². The van der Waals surface area contributed by atoms with E-state index in [0.717, 1.165) is 31.2 Å². The molecule has 1 aromatic carbocycles. The number of unbranched alkanes of at least 4 members (excludes halogenated alkanes) is 2. The number of rotatable bonds is 11. The lowest BCUT2D eigenvalue weighted by Crippen LogP contribution is -2.24. The number of hydrogen-bond acceptors (Lipinski definition) is 4. The molecule has 0 fully saturated rings. The van der Waals surface area contributed by atoms with Gasteiger partial charge in [0.15, 0.2) is 0 Å². The Labute approximate surface area is 127 Å². The molecule has 120 valence electrons. The zero-order valence-corrected chi connectivity index (χ0v) is 13.4. The molecule has 6 heteroatoms. The van der Waals surface area contributed by atoms with E-state index in [9.17, 15) is 8.42 Å². The highest BCUT2D eigenvalue weighted by Gasteiger charge is 2.12. The first-order valence-electron chi connectivity index (χ1n) is 7.28. The maximum absolute atomic E-state index is 12.1. The standard InChI is InChI=1S/C15H25NO4S/c1-20-13-4-2-3-11-16-21(18,19)15-9-7-14(8-10-15)6-5-12-17/h7-10,16-17H,2-6,11-13H2,1H3. The summed E-state index contributed by atoms with van der Waals surface area (Å²) < 4.78 is 31.7. The highest BCUT2D eigenvalue weighted by atomic mass is 32.2. The SMILES string of the molecule is COCCCCCNS(=O)(=O)c1ccc(CCCO)cc1. The normalized spacial score (nSPS) is 11.7. The number of benzene rings is 1. The molecule has 0 aliphatic carbocycles. The summed E-state index contributed by atoms with van der Waals surface area (Å²) >= 11 is 0. The van der Waals surface area contributed by atoms with E-state index >= 15 is 0 Å². The summed E-state index contributed by atoms with van der Waals surface area (Å²) in [6, 6.07) is 6.81. The monoisotopic (exact) mass is 315 g/mol. The molecule has 0 amide bonds. The minimum Gasteiger partial charge on any atom is -0.396 e. The van der Waals surface area contributed by atoms with Crippen LogP contribution in [0.25, 0.3) is 0 Å². The van der Waals surface area contributed by atoms with Crippen molar-refractivity contribution < 1.29 is 18.3 Å². The predicted molar refractivity (Wildman–Crippen MR) is 82.8 cm³/mol. The zero-order chi connectivity index (χ0) is 15.6. The van der Waals surface area contributed by atoms with Crippen molar-refractivity contribution in [3.05, 3.63) is 29.8 Å². The molecule has 21 heavy (non-hydrogen) atoms. The number of aryl methyl sites for hydroxylation is 1. The first kappa shape index (κ1) is 18.1. The van der Waals surface area contributed by atoms with Gasteiger partial charge in [-0.3, -0.25) is 0 Å². The Kier molecular flexibility index (Phi) is 8.52. The Balaban J connectivity index is 2.42. The summed E-state index contributed by atoms with van der Waals surface area (Å²) in [4.78, 5) is 0.284. The Morgan fingerprint density at radius 2 is 1.81 bits per heavy atom. The average molecular weight is 315 g/mol. The van der Waals surface area contributed by atoms with Gasteiger partial charge in [-0.25, -0.2) is 13.1 Å². The van der Waals surface area contributed by atoms with Crippen LogP contribution in [0.4, 0.5) is 0 Å². The summed E-state index contributed by atoms with van der Waals surface area (Å²) in [5.74, 6) is 0. The second-order valence-electron chi connectivity index (χ2n) is 4.92. The van der Waals surface area contributed by atoms with Gasteiger partial charge in [0.05, 0.1) is 4.90 Å². The topological polar surface area (TPSA) is 75.6 Å². The van der Waals surface area contributed by atoms with Crippen molar-refractivity contribution in [2.75, 3.05) is 26.9 Å². The zero-order valence-electron chi connectivity index (χ0n) is 12.5. The third-order valence-electron chi connectivity index (χ3n) is 3.17. The minimum absolute atomic E-state index is 0.144. The van der Waals surface area contributed by atoms with Crippen molar-refractivity contribution in [3.8, 4) is 0 Å². The minimum atomic E-state index is -3.42. The summed E-state index contributed by atoms with van der Waals surface area (Å²) in [6.45, 7) is 1.30. The van der Waals surface area contributed by atoms with Gasteiger partial charge in [-0.1, -0.05) is 12.1 Å². The molecule has 0 aromatic heterocycles. The van der Waals surface area contributed by atoms with Crippen LogP contribution in [0.1, 0.15) is 31.2 Å². The van der Waals surface area contributed by atoms with Crippen LogP contribution >= 0.6 is 0 Å². The van der Waals surface area contributed by atoms with Gasteiger partial charge in [0.25, 0.3) is 0 Å². The van der Waals surface area contributed by atoms with E-state index < -0.39 is 10.0 Å². The van der Waals surface area contributed by atoms with Crippen molar-refractivity contribution in [3.63, 3.8) is 0 Å². The Bertz CT molecular complexity index is 485. The van der Waals surface area contributed by atoms with Gasteiger partial charge >= 0.3 is 0 Å². The molecule has 5 nitrogen and oxygen atoms in total. The quantitative estimate of drug-likeness (QED) is 0.610. The number of aliphatic hydroxyl groups excluding tert-OH is 1. The van der Waals surface area contributed by atoms with Crippen LogP contribution in [0.15, 0.2) is 29.2 Å². The van der Waals surface area contributed by atoms with Crippen LogP contribution in [0.5, 0.6) is 0 Å². The van der Waals surface area contributed by atoms with Crippen LogP contribution in [-0.2, 0) is 21.2 Å². The van der Waals surface area contributed by atoms with Gasteiger partial charge in [0.1, 0.15) is 0 Å². The molecule has 0 heterocycles. The lowest BCUT2D eigenvalue weighted by Gasteiger charge is -2.07. The molecule has 0 spiro atoms. The van der Waals surface area contributed by atoms with Crippen molar-refractivity contribution in [1.82, 2.24) is 4.72 Å². The van der Waals surface area contributed by atoms with Gasteiger partial charge in [-0.15, -0.1) is 0 Å². The Morgan fingerprint density at radius 3 is 2.43 bits per heavy atom. The van der Waals surface area contributed by atoms with Crippen LogP contribution in [-0.4, -0.2) is 40.4 Å². The van der Waals surface area contributed by atoms with E-state index in [4.69, 9.17) is 9.84 Å². The van der Waals surface area contributed by atoms with E-state index in [1.807, 2.05) is 0 Å². The van der Waals surface area contributed by atoms with E-state index in [-0.39, 0.29) is 11.5 Å². The molecule has 2 N–H and O–H groups in total. The second-order valence-corrected chi connectivity index (χ2v) is 6.69. The van der Waals surface area contributed by atoms with Crippen LogP contribution in [0, 0.1) is 0 Å². The number of hydrogen-bond donors (Lipinski definition) is 2. The smallest absolute Gasteiger partial charge is 0.240 e. The first-order valence-corrected chi connectivity index (χ1v) is 8.77. The molecule has 0 atom stereocenters.